The van der Waals surface area contributed by atoms with Crippen molar-refractivity contribution in [2.75, 3.05) is 13.1 Å². The van der Waals surface area contributed by atoms with Crippen LogP contribution in [0.4, 0.5) is 0 Å². The molecule has 2 unspecified atom stereocenters. The van der Waals surface area contributed by atoms with Crippen LogP contribution < -0.4 is 5.32 Å². The Labute approximate surface area is 123 Å². The summed E-state index contributed by atoms with van der Waals surface area (Å²) in [6.45, 7) is 5.64. The molecule has 2 fully saturated rings. The number of hydrogen-bond donors (Lipinski definition) is 1. The lowest BCUT2D eigenvalue weighted by molar-refractivity contribution is 0.188. The molecule has 0 bridgehead atoms. The highest BCUT2D eigenvalue weighted by Crippen LogP contribution is 2.34. The van der Waals surface area contributed by atoms with Gasteiger partial charge in [0, 0.05) is 35.8 Å². The van der Waals surface area contributed by atoms with Crippen LogP contribution >= 0.6 is 15.9 Å². The van der Waals surface area contributed by atoms with Gasteiger partial charge in [0.15, 0.2) is 0 Å². The summed E-state index contributed by atoms with van der Waals surface area (Å²) in [6, 6.07) is 5.55. The lowest BCUT2D eigenvalue weighted by Gasteiger charge is -2.28. The number of pyridine rings is 1. The van der Waals surface area contributed by atoms with E-state index in [9.17, 15) is 0 Å². The maximum absolute atomic E-state index is 4.51. The van der Waals surface area contributed by atoms with Gasteiger partial charge in [0.2, 0.25) is 0 Å². The fourth-order valence-corrected chi connectivity index (χ4v) is 3.13. The van der Waals surface area contributed by atoms with E-state index < -0.39 is 0 Å². The molecule has 0 amide bonds. The maximum Gasteiger partial charge on any atom is 0.0544 e. The van der Waals surface area contributed by atoms with Gasteiger partial charge in [-0.3, -0.25) is 9.88 Å². The Balaban J connectivity index is 1.67. The fourth-order valence-electron chi connectivity index (χ4n) is 2.90. The minimum absolute atomic E-state index is 0.640. The first-order valence-corrected chi connectivity index (χ1v) is 8.09. The van der Waals surface area contributed by atoms with Crippen molar-refractivity contribution in [3.8, 4) is 0 Å². The van der Waals surface area contributed by atoms with Crippen LogP contribution in [0.1, 0.15) is 31.9 Å². The van der Waals surface area contributed by atoms with E-state index in [-0.39, 0.29) is 0 Å². The first-order valence-electron chi connectivity index (χ1n) is 7.30. The molecule has 0 spiro atoms. The van der Waals surface area contributed by atoms with Crippen LogP contribution in [0.3, 0.4) is 0 Å². The van der Waals surface area contributed by atoms with Gasteiger partial charge in [0.25, 0.3) is 0 Å². The van der Waals surface area contributed by atoms with E-state index in [2.05, 4.69) is 50.2 Å². The SMILES string of the molecule is CC1CCNC(C2CC2)CN1Cc1ccc(Br)cn1. The van der Waals surface area contributed by atoms with E-state index in [0.717, 1.165) is 23.5 Å². The Bertz CT molecular complexity index is 416. The standard InChI is InChI=1S/C15H22BrN3/c1-11-6-7-17-15(12-2-3-12)10-19(11)9-14-5-4-13(16)8-18-14/h4-5,8,11-12,15,17H,2-3,6-7,9-10H2,1H3. The second-order valence-corrected chi connectivity index (χ2v) is 6.85. The Hall–Kier alpha value is -0.450. The largest absolute Gasteiger partial charge is 0.312 e. The minimum atomic E-state index is 0.640. The molecule has 2 aliphatic rings. The fraction of sp³-hybridized carbons (Fsp3) is 0.667. The van der Waals surface area contributed by atoms with Crippen molar-refractivity contribution < 1.29 is 0 Å². The summed E-state index contributed by atoms with van der Waals surface area (Å²) in [5.74, 6) is 0.922. The highest BCUT2D eigenvalue weighted by molar-refractivity contribution is 9.10. The Morgan fingerprint density at radius 1 is 1.37 bits per heavy atom. The molecule has 4 heteroatoms. The second-order valence-electron chi connectivity index (χ2n) is 5.93. The van der Waals surface area contributed by atoms with Gasteiger partial charge in [-0.05, 0) is 66.7 Å². The summed E-state index contributed by atoms with van der Waals surface area (Å²) in [5, 5.41) is 3.73. The molecule has 2 heterocycles. The quantitative estimate of drug-likeness (QED) is 0.927. The summed E-state index contributed by atoms with van der Waals surface area (Å²) in [4.78, 5) is 7.11. The highest BCUT2D eigenvalue weighted by atomic mass is 79.9. The molecule has 104 valence electrons. The first kappa shape index (κ1) is 13.5. The second kappa shape index (κ2) is 5.90. The van der Waals surface area contributed by atoms with Gasteiger partial charge < -0.3 is 5.32 Å². The summed E-state index contributed by atoms with van der Waals surface area (Å²) < 4.78 is 1.05. The Morgan fingerprint density at radius 3 is 2.89 bits per heavy atom. The van der Waals surface area contributed by atoms with E-state index in [4.69, 9.17) is 0 Å². The molecule has 1 aliphatic carbocycles. The van der Waals surface area contributed by atoms with Crippen molar-refractivity contribution in [2.24, 2.45) is 5.92 Å². The van der Waals surface area contributed by atoms with Crippen LogP contribution in [0.25, 0.3) is 0 Å². The number of halogens is 1. The molecule has 1 aromatic rings. The first-order chi connectivity index (χ1) is 9.22. The third-order valence-electron chi connectivity index (χ3n) is 4.37. The number of hydrogen-bond acceptors (Lipinski definition) is 3. The molecule has 19 heavy (non-hydrogen) atoms. The van der Waals surface area contributed by atoms with Crippen molar-refractivity contribution >= 4 is 15.9 Å². The predicted molar refractivity (Wildman–Crippen MR) is 80.9 cm³/mol. The summed E-state index contributed by atoms with van der Waals surface area (Å²) >= 11 is 3.45. The summed E-state index contributed by atoms with van der Waals surface area (Å²) in [5.41, 5.74) is 1.17. The van der Waals surface area contributed by atoms with Crippen LogP contribution in [0.2, 0.25) is 0 Å². The average Bonchev–Trinajstić information content (AvgIpc) is 3.22. The molecule has 3 nitrogen and oxygen atoms in total. The van der Waals surface area contributed by atoms with Crippen molar-refractivity contribution in [1.29, 1.82) is 0 Å². The molecule has 0 aromatic carbocycles. The summed E-state index contributed by atoms with van der Waals surface area (Å²) in [7, 11) is 0. The number of nitrogens with one attached hydrogen (secondary N) is 1. The van der Waals surface area contributed by atoms with Crippen LogP contribution in [0.5, 0.6) is 0 Å². The van der Waals surface area contributed by atoms with E-state index in [0.29, 0.717) is 12.1 Å². The normalized spacial score (nSPS) is 29.2. The van der Waals surface area contributed by atoms with Crippen molar-refractivity contribution in [3.63, 3.8) is 0 Å². The van der Waals surface area contributed by atoms with E-state index in [1.165, 1.54) is 31.5 Å². The van der Waals surface area contributed by atoms with Gasteiger partial charge in [-0.25, -0.2) is 0 Å². The lowest BCUT2D eigenvalue weighted by atomic mass is 10.1. The van der Waals surface area contributed by atoms with Gasteiger partial charge in [-0.15, -0.1) is 0 Å². The van der Waals surface area contributed by atoms with Crippen LogP contribution in [0, 0.1) is 5.92 Å². The zero-order chi connectivity index (χ0) is 13.2. The van der Waals surface area contributed by atoms with Crippen molar-refractivity contribution in [1.82, 2.24) is 15.2 Å². The third-order valence-corrected chi connectivity index (χ3v) is 4.84. The number of nitrogens with zero attached hydrogens (tertiary/aromatic N) is 2. The zero-order valence-corrected chi connectivity index (χ0v) is 13.1. The summed E-state index contributed by atoms with van der Waals surface area (Å²) in [6.07, 6.45) is 5.96. The average molecular weight is 324 g/mol. The molecule has 2 atom stereocenters. The molecule has 1 aromatic heterocycles. The van der Waals surface area contributed by atoms with Gasteiger partial charge >= 0.3 is 0 Å². The third kappa shape index (κ3) is 3.56. The van der Waals surface area contributed by atoms with E-state index in [1.54, 1.807) is 0 Å². The van der Waals surface area contributed by atoms with Gasteiger partial charge in [-0.1, -0.05) is 0 Å². The molecule has 1 aliphatic heterocycles. The van der Waals surface area contributed by atoms with Gasteiger partial charge in [-0.2, -0.15) is 0 Å². The Morgan fingerprint density at radius 2 is 2.21 bits per heavy atom. The van der Waals surface area contributed by atoms with Crippen molar-refractivity contribution in [3.05, 3.63) is 28.5 Å². The molecule has 1 N–H and O–H groups in total. The van der Waals surface area contributed by atoms with E-state index in [1.807, 2.05) is 6.20 Å². The molecule has 1 saturated heterocycles. The van der Waals surface area contributed by atoms with Crippen molar-refractivity contribution in [2.45, 2.75) is 44.8 Å². The Kier molecular flexibility index (Phi) is 4.20. The molecular formula is C15H22BrN3. The highest BCUT2D eigenvalue weighted by Gasteiger charge is 2.34. The molecule has 0 radical (unpaired) electrons. The van der Waals surface area contributed by atoms with E-state index >= 15 is 0 Å². The van der Waals surface area contributed by atoms with Crippen LogP contribution in [0.15, 0.2) is 22.8 Å². The number of aromatic nitrogens is 1. The minimum Gasteiger partial charge on any atom is -0.312 e. The van der Waals surface area contributed by atoms with Gasteiger partial charge in [0.05, 0.1) is 5.69 Å². The van der Waals surface area contributed by atoms with Crippen LogP contribution in [-0.2, 0) is 6.54 Å². The monoisotopic (exact) mass is 323 g/mol. The topological polar surface area (TPSA) is 28.2 Å². The lowest BCUT2D eigenvalue weighted by Crippen LogP contribution is -2.41. The zero-order valence-electron chi connectivity index (χ0n) is 11.5. The molecule has 3 rings (SSSR count). The number of rotatable bonds is 3. The smallest absolute Gasteiger partial charge is 0.0544 e. The van der Waals surface area contributed by atoms with Crippen LogP contribution in [-0.4, -0.2) is 35.1 Å². The predicted octanol–water partition coefficient (Wildman–Crippen LogP) is 2.81. The van der Waals surface area contributed by atoms with Gasteiger partial charge in [0.1, 0.15) is 0 Å². The maximum atomic E-state index is 4.51. The molecule has 1 saturated carbocycles. The molecular weight excluding hydrogens is 302 g/mol.